The molecule has 0 aliphatic rings. The van der Waals surface area contributed by atoms with Crippen molar-refractivity contribution in [3.05, 3.63) is 30.3 Å². The number of halogens is 1. The van der Waals surface area contributed by atoms with E-state index in [1.54, 1.807) is 24.3 Å². The number of carboxylic acids is 1. The van der Waals surface area contributed by atoms with Gasteiger partial charge in [-0.3, -0.25) is 0 Å². The number of hydrogen-bond acceptors (Lipinski definition) is 2. The Kier molecular flexibility index (Phi) is 5.34. The summed E-state index contributed by atoms with van der Waals surface area (Å²) in [4.78, 5) is 8.99. The Bertz CT molecular complexity index is 223. The molecule has 4 heteroatoms. The van der Waals surface area contributed by atoms with E-state index in [2.05, 4.69) is 0 Å². The van der Waals surface area contributed by atoms with Gasteiger partial charge in [0, 0.05) is 0 Å². The predicted molar refractivity (Wildman–Crippen MR) is 41.7 cm³/mol. The number of phenolic OH excluding ortho intramolecular Hbond substituents is 1. The highest BCUT2D eigenvalue weighted by molar-refractivity contribution is 5.67. The topological polar surface area (TPSA) is 57.5 Å². The van der Waals surface area contributed by atoms with Crippen LogP contribution in [0.2, 0.25) is 0 Å². The van der Waals surface area contributed by atoms with E-state index in [9.17, 15) is 4.39 Å². The summed E-state index contributed by atoms with van der Waals surface area (Å²) in [5.74, 6) is -1.09. The SMILES string of the molecule is O=C(O)CF.Oc1ccccc1. The highest BCUT2D eigenvalue weighted by atomic mass is 19.1. The van der Waals surface area contributed by atoms with Crippen LogP contribution >= 0.6 is 0 Å². The van der Waals surface area contributed by atoms with Crippen LogP contribution in [0.4, 0.5) is 4.39 Å². The quantitative estimate of drug-likeness (QED) is 0.673. The zero-order valence-electron chi connectivity index (χ0n) is 6.27. The molecule has 0 aliphatic heterocycles. The van der Waals surface area contributed by atoms with Gasteiger partial charge < -0.3 is 10.2 Å². The Hall–Kier alpha value is -1.58. The van der Waals surface area contributed by atoms with Crippen molar-refractivity contribution in [3.63, 3.8) is 0 Å². The minimum Gasteiger partial charge on any atom is -0.508 e. The summed E-state index contributed by atoms with van der Waals surface area (Å²) >= 11 is 0. The van der Waals surface area contributed by atoms with Gasteiger partial charge in [0.1, 0.15) is 5.75 Å². The minimum atomic E-state index is -1.41. The van der Waals surface area contributed by atoms with E-state index in [1.165, 1.54) is 0 Å². The number of aliphatic carboxylic acids is 1. The van der Waals surface area contributed by atoms with E-state index < -0.39 is 12.6 Å². The number of rotatable bonds is 1. The van der Waals surface area contributed by atoms with Crippen LogP contribution in [0.3, 0.4) is 0 Å². The van der Waals surface area contributed by atoms with Crippen molar-refractivity contribution >= 4 is 5.97 Å². The maximum atomic E-state index is 10.5. The first-order valence-electron chi connectivity index (χ1n) is 3.18. The van der Waals surface area contributed by atoms with Crippen LogP contribution in [-0.2, 0) is 4.79 Å². The highest BCUT2D eigenvalue weighted by Gasteiger charge is 1.85. The maximum Gasteiger partial charge on any atom is 0.335 e. The first kappa shape index (κ1) is 10.4. The van der Waals surface area contributed by atoms with E-state index >= 15 is 0 Å². The van der Waals surface area contributed by atoms with Crippen molar-refractivity contribution in [1.29, 1.82) is 0 Å². The zero-order valence-corrected chi connectivity index (χ0v) is 6.27. The van der Waals surface area contributed by atoms with Gasteiger partial charge in [0.25, 0.3) is 0 Å². The van der Waals surface area contributed by atoms with Gasteiger partial charge in [0.15, 0.2) is 6.67 Å². The molecule has 3 nitrogen and oxygen atoms in total. The number of hydrogen-bond donors (Lipinski definition) is 2. The molecule has 0 radical (unpaired) electrons. The molecule has 0 spiro atoms. The summed E-state index contributed by atoms with van der Waals surface area (Å²) in [5.41, 5.74) is 0. The van der Waals surface area contributed by atoms with Gasteiger partial charge in [-0.15, -0.1) is 0 Å². The van der Waals surface area contributed by atoms with E-state index in [0.29, 0.717) is 5.75 Å². The van der Waals surface area contributed by atoms with Crippen LogP contribution < -0.4 is 0 Å². The molecule has 0 saturated heterocycles. The van der Waals surface area contributed by atoms with Crippen molar-refractivity contribution in [2.24, 2.45) is 0 Å². The summed E-state index contributed by atoms with van der Waals surface area (Å²) in [6.45, 7) is -1.28. The summed E-state index contributed by atoms with van der Waals surface area (Å²) in [7, 11) is 0. The lowest BCUT2D eigenvalue weighted by Crippen LogP contribution is -1.93. The van der Waals surface area contributed by atoms with E-state index in [4.69, 9.17) is 15.0 Å². The molecule has 1 aromatic carbocycles. The molecule has 0 unspecified atom stereocenters. The molecule has 1 rings (SSSR count). The number of carboxylic acid groups (broad SMARTS) is 1. The second kappa shape index (κ2) is 6.15. The van der Waals surface area contributed by atoms with Crippen LogP contribution in [-0.4, -0.2) is 22.9 Å². The normalized spacial score (nSPS) is 8.08. The average molecular weight is 172 g/mol. The summed E-state index contributed by atoms with van der Waals surface area (Å²) in [6.07, 6.45) is 0. The Morgan fingerprint density at radius 2 is 1.75 bits per heavy atom. The van der Waals surface area contributed by atoms with Crippen LogP contribution in [0.1, 0.15) is 0 Å². The van der Waals surface area contributed by atoms with Crippen LogP contribution in [0.5, 0.6) is 5.75 Å². The molecule has 0 aliphatic carbocycles. The lowest BCUT2D eigenvalue weighted by atomic mass is 10.3. The number of carbonyl (C=O) groups is 1. The zero-order chi connectivity index (χ0) is 9.40. The molecule has 0 fully saturated rings. The minimum absolute atomic E-state index is 0.322. The fourth-order valence-electron chi connectivity index (χ4n) is 0.428. The maximum absolute atomic E-state index is 10.5. The first-order valence-corrected chi connectivity index (χ1v) is 3.18. The molecular formula is C8H9FO3. The van der Waals surface area contributed by atoms with E-state index in [-0.39, 0.29) is 0 Å². The summed E-state index contributed by atoms with van der Waals surface area (Å²) in [6, 6.07) is 8.71. The van der Waals surface area contributed by atoms with Gasteiger partial charge in [0.2, 0.25) is 0 Å². The molecule has 0 atom stereocenters. The molecule has 66 valence electrons. The standard InChI is InChI=1S/C6H6O.C2H3FO2/c7-6-4-2-1-3-5-6;3-1-2(4)5/h1-5,7H;1H2,(H,4,5). The Labute approximate surface area is 69.1 Å². The monoisotopic (exact) mass is 172 g/mol. The highest BCUT2D eigenvalue weighted by Crippen LogP contribution is 2.02. The molecule has 0 bridgehead atoms. The van der Waals surface area contributed by atoms with Gasteiger partial charge >= 0.3 is 5.97 Å². The third-order valence-electron chi connectivity index (χ3n) is 0.871. The molecule has 12 heavy (non-hydrogen) atoms. The van der Waals surface area contributed by atoms with Crippen molar-refractivity contribution < 1.29 is 19.4 Å². The van der Waals surface area contributed by atoms with Crippen molar-refractivity contribution in [2.45, 2.75) is 0 Å². The molecule has 2 N–H and O–H groups in total. The lowest BCUT2D eigenvalue weighted by Gasteiger charge is -1.82. The fraction of sp³-hybridized carbons (Fsp3) is 0.125. The first-order chi connectivity index (χ1) is 5.66. The van der Waals surface area contributed by atoms with Gasteiger partial charge in [-0.2, -0.15) is 0 Å². The third-order valence-corrected chi connectivity index (χ3v) is 0.871. The van der Waals surface area contributed by atoms with Crippen molar-refractivity contribution in [2.75, 3.05) is 6.67 Å². The van der Waals surface area contributed by atoms with Gasteiger partial charge in [-0.1, -0.05) is 18.2 Å². The van der Waals surface area contributed by atoms with E-state index in [1.807, 2.05) is 6.07 Å². The van der Waals surface area contributed by atoms with Gasteiger partial charge in [0.05, 0.1) is 0 Å². The third kappa shape index (κ3) is 6.54. The number of para-hydroxylation sites is 1. The number of alkyl halides is 1. The molecule has 0 saturated carbocycles. The largest absolute Gasteiger partial charge is 0.508 e. The van der Waals surface area contributed by atoms with Gasteiger partial charge in [-0.25, -0.2) is 9.18 Å². The Morgan fingerprint density at radius 1 is 1.33 bits per heavy atom. The second-order valence-electron chi connectivity index (χ2n) is 1.86. The van der Waals surface area contributed by atoms with Gasteiger partial charge in [-0.05, 0) is 12.1 Å². The fourth-order valence-corrected chi connectivity index (χ4v) is 0.428. The van der Waals surface area contributed by atoms with E-state index in [0.717, 1.165) is 0 Å². The predicted octanol–water partition coefficient (Wildman–Crippen LogP) is 1.43. The van der Waals surface area contributed by atoms with Crippen molar-refractivity contribution in [1.82, 2.24) is 0 Å². The lowest BCUT2D eigenvalue weighted by molar-refractivity contribution is -0.137. The number of benzene rings is 1. The second-order valence-corrected chi connectivity index (χ2v) is 1.86. The molecular weight excluding hydrogens is 163 g/mol. The molecule has 0 heterocycles. The summed E-state index contributed by atoms with van der Waals surface area (Å²) < 4.78 is 10.5. The molecule has 0 amide bonds. The van der Waals surface area contributed by atoms with Crippen LogP contribution in [0.25, 0.3) is 0 Å². The Balaban J connectivity index is 0.000000217. The van der Waals surface area contributed by atoms with Crippen LogP contribution in [0.15, 0.2) is 30.3 Å². The molecule has 1 aromatic rings. The number of aromatic hydroxyl groups is 1. The molecule has 0 aromatic heterocycles. The van der Waals surface area contributed by atoms with Crippen molar-refractivity contribution in [3.8, 4) is 5.75 Å². The Morgan fingerprint density at radius 3 is 1.92 bits per heavy atom. The number of phenols is 1. The smallest absolute Gasteiger partial charge is 0.335 e. The van der Waals surface area contributed by atoms with Crippen LogP contribution in [0, 0.1) is 0 Å². The summed E-state index contributed by atoms with van der Waals surface area (Å²) in [5, 5.41) is 16.0. The average Bonchev–Trinajstić information content (AvgIpc) is 2.07.